The van der Waals surface area contributed by atoms with E-state index in [1.165, 1.54) is 12.1 Å². The number of aromatic amines is 1. The van der Waals surface area contributed by atoms with Crippen LogP contribution in [0.4, 0.5) is 20.4 Å². The van der Waals surface area contributed by atoms with Crippen LogP contribution in [0.15, 0.2) is 28.2 Å². The summed E-state index contributed by atoms with van der Waals surface area (Å²) < 4.78 is 32.9. The smallest absolute Gasteiger partial charge is 0.292 e. The predicted octanol–water partition coefficient (Wildman–Crippen LogP) is 1.82. The van der Waals surface area contributed by atoms with Crippen LogP contribution >= 0.6 is 11.8 Å². The Hall–Kier alpha value is -2.87. The van der Waals surface area contributed by atoms with Gasteiger partial charge >= 0.3 is 0 Å². The number of hydrogen-bond acceptors (Lipinski definition) is 10. The number of benzene rings is 1. The van der Waals surface area contributed by atoms with Crippen LogP contribution in [0.1, 0.15) is 12.5 Å². The minimum atomic E-state index is -0.927. The molecule has 0 spiro atoms. The van der Waals surface area contributed by atoms with E-state index in [0.29, 0.717) is 31.1 Å². The summed E-state index contributed by atoms with van der Waals surface area (Å²) in [5.74, 6) is -1.31. The number of nitrogens with one attached hydrogen (secondary N) is 3. The summed E-state index contributed by atoms with van der Waals surface area (Å²) in [5, 5.41) is 15.9. The molecule has 0 saturated carbocycles. The number of thioether (sulfide) groups is 1. The van der Waals surface area contributed by atoms with Crippen molar-refractivity contribution in [1.82, 2.24) is 24.8 Å². The second-order valence-corrected chi connectivity index (χ2v) is 9.02. The van der Waals surface area contributed by atoms with Gasteiger partial charge in [-0.1, -0.05) is 23.9 Å². The standard InChI is InChI=1S/C22H27F2N7O3S/c1-13(11-32)26-18-17-19(30-22(29-18)35-12-14-3-2-4-15(23)16(14)24)28-21(33)20(27-17)25-5-6-31-7-9-34-10-8-31/h2-4,13,32H,5-12H2,1H3,(H,25,27)(H2,26,28,29,30,33). The highest BCUT2D eigenvalue weighted by atomic mass is 32.2. The molecule has 1 aliphatic rings. The van der Waals surface area contributed by atoms with Gasteiger partial charge in [0.25, 0.3) is 5.56 Å². The molecule has 0 radical (unpaired) electrons. The van der Waals surface area contributed by atoms with E-state index >= 15 is 0 Å². The summed E-state index contributed by atoms with van der Waals surface area (Å²) in [4.78, 5) is 30.9. The SMILES string of the molecule is CC(CO)Nc1nc(SCc2cccc(F)c2F)nc2[nH]c(=O)c(NCCN3CCOCC3)nc12. The molecule has 3 heterocycles. The van der Waals surface area contributed by atoms with Crippen molar-refractivity contribution in [1.29, 1.82) is 0 Å². The fourth-order valence-corrected chi connectivity index (χ4v) is 4.30. The van der Waals surface area contributed by atoms with Crippen molar-refractivity contribution in [3.63, 3.8) is 0 Å². The Bertz CT molecular complexity index is 1220. The van der Waals surface area contributed by atoms with E-state index in [1.807, 2.05) is 0 Å². The number of nitrogens with zero attached hydrogens (tertiary/aromatic N) is 4. The van der Waals surface area contributed by atoms with E-state index in [-0.39, 0.29) is 40.6 Å². The van der Waals surface area contributed by atoms with Gasteiger partial charge in [-0.3, -0.25) is 9.69 Å². The van der Waals surface area contributed by atoms with Crippen LogP contribution in [0, 0.1) is 11.6 Å². The molecule has 4 rings (SSSR count). The number of H-pyrrole nitrogens is 1. The van der Waals surface area contributed by atoms with Crippen LogP contribution in [-0.2, 0) is 10.5 Å². The molecule has 0 amide bonds. The van der Waals surface area contributed by atoms with Gasteiger partial charge in [0.2, 0.25) is 0 Å². The van der Waals surface area contributed by atoms with Gasteiger partial charge in [0, 0.05) is 43.5 Å². The maximum Gasteiger partial charge on any atom is 0.292 e. The van der Waals surface area contributed by atoms with Crippen LogP contribution in [0.2, 0.25) is 0 Å². The summed E-state index contributed by atoms with van der Waals surface area (Å²) in [6.45, 7) is 5.91. The summed E-state index contributed by atoms with van der Waals surface area (Å²) in [7, 11) is 0. The second-order valence-electron chi connectivity index (χ2n) is 8.08. The maximum atomic E-state index is 14.0. The van der Waals surface area contributed by atoms with Gasteiger partial charge < -0.3 is 25.5 Å². The van der Waals surface area contributed by atoms with Crippen molar-refractivity contribution in [2.45, 2.75) is 23.9 Å². The molecular weight excluding hydrogens is 480 g/mol. The van der Waals surface area contributed by atoms with E-state index in [0.717, 1.165) is 37.5 Å². The van der Waals surface area contributed by atoms with Crippen LogP contribution < -0.4 is 16.2 Å². The Balaban J connectivity index is 1.57. The minimum Gasteiger partial charge on any atom is -0.394 e. The van der Waals surface area contributed by atoms with E-state index in [1.54, 1.807) is 6.92 Å². The molecule has 0 aliphatic carbocycles. The third-order valence-electron chi connectivity index (χ3n) is 5.40. The van der Waals surface area contributed by atoms with Crippen molar-refractivity contribution in [2.24, 2.45) is 0 Å². The number of aromatic nitrogens is 4. The Labute approximate surface area is 204 Å². The number of hydrogen-bond donors (Lipinski definition) is 4. The zero-order chi connectivity index (χ0) is 24.8. The minimum absolute atomic E-state index is 0.0862. The number of aliphatic hydroxyl groups excluding tert-OH is 1. The number of halogens is 2. The molecule has 4 N–H and O–H groups in total. The first-order valence-electron chi connectivity index (χ1n) is 11.2. The first-order valence-corrected chi connectivity index (χ1v) is 12.2. The molecule has 1 atom stereocenters. The van der Waals surface area contributed by atoms with Gasteiger partial charge in [0.1, 0.15) is 0 Å². The fourth-order valence-electron chi connectivity index (χ4n) is 3.48. The monoisotopic (exact) mass is 507 g/mol. The Morgan fingerprint density at radius 3 is 2.80 bits per heavy atom. The average Bonchev–Trinajstić information content (AvgIpc) is 2.86. The first kappa shape index (κ1) is 25.2. The van der Waals surface area contributed by atoms with Gasteiger partial charge in [0.05, 0.1) is 19.8 Å². The highest BCUT2D eigenvalue weighted by molar-refractivity contribution is 7.98. The van der Waals surface area contributed by atoms with E-state index in [4.69, 9.17) is 4.74 Å². The lowest BCUT2D eigenvalue weighted by atomic mass is 10.2. The molecule has 2 aromatic heterocycles. The fraction of sp³-hybridized carbons (Fsp3) is 0.455. The number of anilines is 2. The summed E-state index contributed by atoms with van der Waals surface area (Å²) >= 11 is 1.09. The van der Waals surface area contributed by atoms with E-state index < -0.39 is 17.2 Å². The lowest BCUT2D eigenvalue weighted by Gasteiger charge is -2.26. The van der Waals surface area contributed by atoms with Crippen LogP contribution in [-0.4, -0.2) is 82.0 Å². The Morgan fingerprint density at radius 1 is 1.23 bits per heavy atom. The normalized spacial score (nSPS) is 15.3. The number of ether oxygens (including phenoxy) is 1. The second kappa shape index (κ2) is 11.7. The summed E-state index contributed by atoms with van der Waals surface area (Å²) in [6, 6.07) is 3.62. The molecule has 3 aromatic rings. The zero-order valence-electron chi connectivity index (χ0n) is 19.2. The van der Waals surface area contributed by atoms with Crippen LogP contribution in [0.25, 0.3) is 11.2 Å². The summed E-state index contributed by atoms with van der Waals surface area (Å²) in [5.41, 5.74) is 0.244. The Kier molecular flexibility index (Phi) is 8.44. The number of aliphatic hydroxyl groups is 1. The molecule has 1 aliphatic heterocycles. The van der Waals surface area contributed by atoms with E-state index in [9.17, 15) is 18.7 Å². The summed E-state index contributed by atoms with van der Waals surface area (Å²) in [6.07, 6.45) is 0. The third kappa shape index (κ3) is 6.42. The number of fused-ring (bicyclic) bond motifs is 1. The maximum absolute atomic E-state index is 14.0. The lowest BCUT2D eigenvalue weighted by Crippen LogP contribution is -2.39. The molecule has 188 valence electrons. The van der Waals surface area contributed by atoms with Gasteiger partial charge in [0.15, 0.2) is 39.6 Å². The number of rotatable bonds is 10. The lowest BCUT2D eigenvalue weighted by molar-refractivity contribution is 0.0398. The molecule has 10 nitrogen and oxygen atoms in total. The topological polar surface area (TPSA) is 128 Å². The Morgan fingerprint density at radius 2 is 2.03 bits per heavy atom. The van der Waals surface area contributed by atoms with E-state index in [2.05, 4.69) is 35.5 Å². The van der Waals surface area contributed by atoms with Gasteiger partial charge in [-0.15, -0.1) is 0 Å². The predicted molar refractivity (Wildman–Crippen MR) is 130 cm³/mol. The number of morpholine rings is 1. The molecule has 13 heteroatoms. The zero-order valence-corrected chi connectivity index (χ0v) is 20.0. The third-order valence-corrected chi connectivity index (χ3v) is 6.30. The van der Waals surface area contributed by atoms with Crippen molar-refractivity contribution in [3.05, 3.63) is 45.8 Å². The highest BCUT2D eigenvalue weighted by Crippen LogP contribution is 2.26. The largest absolute Gasteiger partial charge is 0.394 e. The molecule has 1 unspecified atom stereocenters. The highest BCUT2D eigenvalue weighted by Gasteiger charge is 2.17. The van der Waals surface area contributed by atoms with Crippen molar-refractivity contribution >= 4 is 34.6 Å². The van der Waals surface area contributed by atoms with Crippen molar-refractivity contribution in [2.75, 3.05) is 56.6 Å². The molecule has 0 bridgehead atoms. The molecule has 1 fully saturated rings. The molecule has 35 heavy (non-hydrogen) atoms. The van der Waals surface area contributed by atoms with Crippen LogP contribution in [0.3, 0.4) is 0 Å². The van der Waals surface area contributed by atoms with Gasteiger partial charge in [-0.05, 0) is 13.0 Å². The van der Waals surface area contributed by atoms with Crippen molar-refractivity contribution in [3.8, 4) is 0 Å². The van der Waals surface area contributed by atoms with Gasteiger partial charge in [-0.25, -0.2) is 23.7 Å². The molecule has 1 aromatic carbocycles. The van der Waals surface area contributed by atoms with Gasteiger partial charge in [-0.2, -0.15) is 0 Å². The van der Waals surface area contributed by atoms with Crippen molar-refractivity contribution < 1.29 is 18.6 Å². The van der Waals surface area contributed by atoms with Crippen LogP contribution in [0.5, 0.6) is 0 Å². The quantitative estimate of drug-likeness (QED) is 0.238. The molecule has 1 saturated heterocycles. The average molecular weight is 508 g/mol. The first-order chi connectivity index (χ1) is 16.9. The molecular formula is C22H27F2N7O3S.